The first kappa shape index (κ1) is 26.6. The van der Waals surface area contributed by atoms with Crippen molar-refractivity contribution in [1.29, 1.82) is 0 Å². The summed E-state index contributed by atoms with van der Waals surface area (Å²) in [7, 11) is 0. The van der Waals surface area contributed by atoms with Crippen molar-refractivity contribution in [1.82, 2.24) is 4.98 Å². The lowest BCUT2D eigenvalue weighted by Crippen LogP contribution is -2.19. The Kier molecular flexibility index (Phi) is 9.78. The van der Waals surface area contributed by atoms with Crippen LogP contribution in [-0.4, -0.2) is 10.7 Å². The van der Waals surface area contributed by atoms with Gasteiger partial charge in [0.2, 0.25) is 0 Å². The molecule has 182 valence electrons. The smallest absolute Gasteiger partial charge is 0.0671 e. The average Bonchev–Trinajstić information content (AvgIpc) is 2.89. The third-order valence-electron chi connectivity index (χ3n) is 6.41. The molecule has 0 amide bonds. The summed E-state index contributed by atoms with van der Waals surface area (Å²) in [4.78, 5) is 8.55. The number of hydrogen-bond acceptors (Lipinski definition) is 2. The van der Waals surface area contributed by atoms with Crippen molar-refractivity contribution in [3.63, 3.8) is 0 Å². The van der Waals surface area contributed by atoms with Gasteiger partial charge in [0.1, 0.15) is 0 Å². The van der Waals surface area contributed by atoms with Crippen molar-refractivity contribution >= 4 is 22.1 Å². The van der Waals surface area contributed by atoms with Crippen molar-refractivity contribution in [2.24, 2.45) is 10.9 Å². The van der Waals surface area contributed by atoms with Crippen LogP contribution < -0.4 is 0 Å². The maximum absolute atomic E-state index is 4.89. The van der Waals surface area contributed by atoms with E-state index in [1.807, 2.05) is 26.0 Å². The number of nitrogens with zero attached hydrogens (tertiary/aromatic N) is 2. The topological polar surface area (TPSA) is 25.2 Å². The molecule has 1 aliphatic carbocycles. The van der Waals surface area contributed by atoms with E-state index in [4.69, 9.17) is 11.4 Å². The van der Waals surface area contributed by atoms with E-state index in [1.165, 1.54) is 27.5 Å². The molecule has 2 aromatic carbocycles. The van der Waals surface area contributed by atoms with E-state index in [0.29, 0.717) is 11.8 Å². The zero-order chi connectivity index (χ0) is 25.9. The lowest BCUT2D eigenvalue weighted by molar-refractivity contribution is 0.550. The molecule has 1 aromatic heterocycles. The molecule has 0 N–H and O–H groups in total. The fraction of sp³-hybridized carbons (Fsp3) is 0.235. The van der Waals surface area contributed by atoms with E-state index >= 15 is 0 Å². The zero-order valence-corrected chi connectivity index (χ0v) is 22.1. The number of rotatable bonds is 5. The van der Waals surface area contributed by atoms with Crippen LogP contribution in [0, 0.1) is 25.3 Å². The number of aromatic nitrogens is 1. The third kappa shape index (κ3) is 6.37. The molecule has 2 nitrogen and oxygen atoms in total. The van der Waals surface area contributed by atoms with Gasteiger partial charge in [-0.1, -0.05) is 92.3 Å². The van der Waals surface area contributed by atoms with Crippen LogP contribution in [0.25, 0.3) is 16.3 Å². The molecule has 2 heteroatoms. The number of terminal acetylenes is 1. The Morgan fingerprint density at radius 2 is 1.75 bits per heavy atom. The van der Waals surface area contributed by atoms with Gasteiger partial charge < -0.3 is 0 Å². The molecule has 2 atom stereocenters. The first-order valence-corrected chi connectivity index (χ1v) is 12.6. The predicted octanol–water partition coefficient (Wildman–Crippen LogP) is 8.87. The summed E-state index contributed by atoms with van der Waals surface area (Å²) in [5.41, 5.74) is 7.14. The third-order valence-corrected chi connectivity index (χ3v) is 6.41. The standard InChI is InChI=1S/C27H27N.C7H9N/c1-4-10-20-17-18-25(26-16-8-11-19(3)28-26)27(22(20)5-2)24-15-9-13-21-12-6-7-14-23(21)24;1-4-6-7(3)8-5-2/h4,6-18,22,27H,5H2,1-3H3;2,4,6H,1,3H3/b10-4-;6-4-,8-7?. The van der Waals surface area contributed by atoms with Crippen LogP contribution in [0.2, 0.25) is 0 Å². The molecule has 1 aliphatic rings. The van der Waals surface area contributed by atoms with E-state index < -0.39 is 0 Å². The van der Waals surface area contributed by atoms with E-state index in [2.05, 4.69) is 117 Å². The number of pyridine rings is 1. The maximum atomic E-state index is 4.89. The molecule has 0 aliphatic heterocycles. The molecule has 4 rings (SSSR count). The molecule has 0 saturated heterocycles. The molecule has 3 aromatic rings. The fourth-order valence-electron chi connectivity index (χ4n) is 4.90. The minimum absolute atomic E-state index is 0.293. The lowest BCUT2D eigenvalue weighted by Gasteiger charge is -2.33. The van der Waals surface area contributed by atoms with Crippen LogP contribution in [0.15, 0.2) is 108 Å². The number of allylic oxidation sites excluding steroid dienone is 8. The highest BCUT2D eigenvalue weighted by molar-refractivity contribution is 5.93. The summed E-state index contributed by atoms with van der Waals surface area (Å²) in [6, 6.07) is 24.0. The molecule has 0 radical (unpaired) electrons. The van der Waals surface area contributed by atoms with Crippen molar-refractivity contribution in [2.45, 2.75) is 47.0 Å². The van der Waals surface area contributed by atoms with Crippen molar-refractivity contribution in [3.8, 4) is 12.5 Å². The minimum Gasteiger partial charge on any atom is -0.253 e. The number of benzene rings is 2. The first-order valence-electron chi connectivity index (χ1n) is 12.6. The average molecular weight is 473 g/mol. The highest BCUT2D eigenvalue weighted by Gasteiger charge is 2.32. The van der Waals surface area contributed by atoms with Gasteiger partial charge in [0.05, 0.1) is 5.69 Å². The van der Waals surface area contributed by atoms with Crippen LogP contribution >= 0.6 is 0 Å². The Hall–Kier alpha value is -3.96. The van der Waals surface area contributed by atoms with Gasteiger partial charge in [-0.3, -0.25) is 4.98 Å². The summed E-state index contributed by atoms with van der Waals surface area (Å²) in [6.07, 6.45) is 18.7. The molecular formula is C34H36N2. The number of aliphatic imine (C=N–C) groups is 1. The van der Waals surface area contributed by atoms with Crippen LogP contribution in [0.5, 0.6) is 0 Å². The van der Waals surface area contributed by atoms with Crippen LogP contribution in [0.1, 0.15) is 57.0 Å². The molecule has 0 spiro atoms. The molecule has 0 saturated carbocycles. The molecule has 0 bridgehead atoms. The lowest BCUT2D eigenvalue weighted by atomic mass is 9.70. The van der Waals surface area contributed by atoms with Crippen molar-refractivity contribution < 1.29 is 0 Å². The second-order valence-electron chi connectivity index (χ2n) is 8.90. The van der Waals surface area contributed by atoms with Gasteiger partial charge in [-0.25, -0.2) is 4.99 Å². The van der Waals surface area contributed by atoms with Gasteiger partial charge >= 0.3 is 0 Å². The van der Waals surface area contributed by atoms with Crippen LogP contribution in [-0.2, 0) is 0 Å². The van der Waals surface area contributed by atoms with E-state index in [0.717, 1.165) is 23.5 Å². The Morgan fingerprint density at radius 1 is 1.00 bits per heavy atom. The van der Waals surface area contributed by atoms with Gasteiger partial charge in [0.15, 0.2) is 0 Å². The SMILES string of the molecule is C#CN=C(C)/C=C\C.C/C=C\C1=CC=C(c2cccc(C)n2)C(c2cccc3ccccc23)C1CC. The first-order chi connectivity index (χ1) is 17.5. The quantitative estimate of drug-likeness (QED) is 0.269. The predicted molar refractivity (Wildman–Crippen MR) is 157 cm³/mol. The van der Waals surface area contributed by atoms with E-state index in [9.17, 15) is 0 Å². The Morgan fingerprint density at radius 3 is 2.44 bits per heavy atom. The highest BCUT2D eigenvalue weighted by atomic mass is 14.7. The molecule has 36 heavy (non-hydrogen) atoms. The zero-order valence-electron chi connectivity index (χ0n) is 22.1. The summed E-state index contributed by atoms with van der Waals surface area (Å²) in [6.45, 7) is 10.3. The van der Waals surface area contributed by atoms with Crippen LogP contribution in [0.3, 0.4) is 0 Å². The number of fused-ring (bicyclic) bond motifs is 1. The van der Waals surface area contributed by atoms with E-state index in [1.54, 1.807) is 0 Å². The van der Waals surface area contributed by atoms with Gasteiger partial charge in [-0.2, -0.15) is 0 Å². The van der Waals surface area contributed by atoms with Gasteiger partial charge in [0.25, 0.3) is 0 Å². The van der Waals surface area contributed by atoms with E-state index in [-0.39, 0.29) is 0 Å². The maximum Gasteiger partial charge on any atom is 0.0671 e. The summed E-state index contributed by atoms with van der Waals surface area (Å²) >= 11 is 0. The van der Waals surface area contributed by atoms with Gasteiger partial charge in [-0.15, -0.1) is 0 Å². The summed E-state index contributed by atoms with van der Waals surface area (Å²) in [5.74, 6) is 0.728. The second kappa shape index (κ2) is 13.2. The second-order valence-corrected chi connectivity index (χ2v) is 8.90. The number of hydrogen-bond donors (Lipinski definition) is 0. The van der Waals surface area contributed by atoms with Crippen LogP contribution in [0.4, 0.5) is 0 Å². The Balaban J connectivity index is 0.000000392. The molecule has 1 heterocycles. The summed E-state index contributed by atoms with van der Waals surface area (Å²) < 4.78 is 0. The number of aryl methyl sites for hydroxylation is 1. The summed E-state index contributed by atoms with van der Waals surface area (Å²) in [5, 5.41) is 2.64. The van der Waals surface area contributed by atoms with Crippen molar-refractivity contribution in [3.05, 3.63) is 120 Å². The molecule has 2 unspecified atom stereocenters. The minimum atomic E-state index is 0.293. The molecular weight excluding hydrogens is 436 g/mol. The van der Waals surface area contributed by atoms with Crippen molar-refractivity contribution in [2.75, 3.05) is 0 Å². The highest BCUT2D eigenvalue weighted by Crippen LogP contribution is 2.47. The van der Waals surface area contributed by atoms with Gasteiger partial charge in [0, 0.05) is 23.4 Å². The monoisotopic (exact) mass is 472 g/mol. The normalized spacial score (nSPS) is 17.9. The Labute approximate surface area is 216 Å². The fourth-order valence-corrected chi connectivity index (χ4v) is 4.90. The molecule has 0 fully saturated rings. The largest absolute Gasteiger partial charge is 0.253 e. The van der Waals surface area contributed by atoms with Gasteiger partial charge in [-0.05, 0) is 85.7 Å². The Bertz CT molecular complexity index is 1370.